The summed E-state index contributed by atoms with van der Waals surface area (Å²) in [7, 11) is 0. The zero-order valence-electron chi connectivity index (χ0n) is 10.7. The van der Waals surface area contributed by atoms with Crippen molar-refractivity contribution in [1.82, 2.24) is 0 Å². The molecule has 0 saturated carbocycles. The Morgan fingerprint density at radius 3 is 2.38 bits per heavy atom. The smallest absolute Gasteiger partial charge is 0.170 e. The molecule has 0 spiro atoms. The average Bonchev–Trinajstić information content (AvgIpc) is 2.45. The topological polar surface area (TPSA) is 67.8 Å². The average molecular weight is 620 g/mol. The van der Waals surface area contributed by atoms with E-state index in [1.54, 1.807) is 6.07 Å². The first-order valence-electron chi connectivity index (χ1n) is 5.86. The largest absolute Gasteiger partial charge is 0.487 e. The molecule has 0 atom stereocenters. The van der Waals surface area contributed by atoms with Crippen molar-refractivity contribution in [2.45, 2.75) is 6.61 Å². The van der Waals surface area contributed by atoms with Crippen LogP contribution in [-0.4, -0.2) is 11.0 Å². The Balaban J connectivity index is 2.26. The van der Waals surface area contributed by atoms with E-state index in [-0.39, 0.29) is 5.84 Å². The van der Waals surface area contributed by atoms with Gasteiger partial charge in [0.1, 0.15) is 12.4 Å². The van der Waals surface area contributed by atoms with Crippen molar-refractivity contribution in [2.24, 2.45) is 10.9 Å². The molecule has 2 rings (SSSR count). The van der Waals surface area contributed by atoms with Gasteiger partial charge in [0, 0.05) is 14.7 Å². The van der Waals surface area contributed by atoms with E-state index in [9.17, 15) is 0 Å². The first-order chi connectivity index (χ1) is 10.0. The van der Waals surface area contributed by atoms with Gasteiger partial charge in [-0.2, -0.15) is 0 Å². The summed E-state index contributed by atoms with van der Waals surface area (Å²) in [5.41, 5.74) is 7.23. The van der Waals surface area contributed by atoms with E-state index >= 15 is 0 Å². The van der Waals surface area contributed by atoms with Gasteiger partial charge in [0.05, 0.1) is 7.14 Å². The fourth-order valence-electron chi connectivity index (χ4n) is 1.77. The second kappa shape index (κ2) is 7.81. The van der Waals surface area contributed by atoms with Crippen molar-refractivity contribution in [3.8, 4) is 5.75 Å². The van der Waals surface area contributed by atoms with Gasteiger partial charge in [-0.3, -0.25) is 0 Å². The highest BCUT2D eigenvalue weighted by atomic mass is 127. The van der Waals surface area contributed by atoms with Crippen molar-refractivity contribution < 1.29 is 9.94 Å². The number of oxime groups is 1. The predicted molar refractivity (Wildman–Crippen MR) is 108 cm³/mol. The summed E-state index contributed by atoms with van der Waals surface area (Å²) in [5.74, 6) is 0.937. The Labute approximate surface area is 163 Å². The molecule has 2 aromatic rings. The summed E-state index contributed by atoms with van der Waals surface area (Å²) in [6, 6.07) is 11.6. The van der Waals surface area contributed by atoms with Crippen LogP contribution in [0.2, 0.25) is 0 Å². The molecule has 0 aliphatic rings. The van der Waals surface area contributed by atoms with Crippen molar-refractivity contribution in [2.75, 3.05) is 0 Å². The predicted octanol–water partition coefficient (Wildman–Crippen LogP) is 4.17. The fourth-order valence-corrected chi connectivity index (χ4v) is 5.66. The third-order valence-corrected chi connectivity index (χ3v) is 4.96. The number of nitrogens with two attached hydrogens (primary N) is 1. The van der Waals surface area contributed by atoms with Crippen LogP contribution in [-0.2, 0) is 6.61 Å². The summed E-state index contributed by atoms with van der Waals surface area (Å²) in [6.45, 7) is 0.360. The molecule has 0 bridgehead atoms. The van der Waals surface area contributed by atoms with Crippen molar-refractivity contribution in [3.63, 3.8) is 0 Å². The second-order valence-electron chi connectivity index (χ2n) is 4.13. The van der Waals surface area contributed by atoms with Crippen LogP contribution in [0.3, 0.4) is 0 Å². The lowest BCUT2D eigenvalue weighted by molar-refractivity contribution is 0.301. The molecule has 2 aromatic carbocycles. The molecule has 0 radical (unpaired) electrons. The lowest BCUT2D eigenvalue weighted by atomic mass is 10.1. The number of halogens is 3. The van der Waals surface area contributed by atoms with E-state index in [4.69, 9.17) is 15.7 Å². The van der Waals surface area contributed by atoms with Crippen LogP contribution in [0.1, 0.15) is 11.1 Å². The van der Waals surface area contributed by atoms with Gasteiger partial charge in [0.2, 0.25) is 0 Å². The minimum absolute atomic E-state index is 0.0844. The Kier molecular flexibility index (Phi) is 6.34. The SMILES string of the molecule is NC(=NO)c1ccccc1COc1c(I)cc(I)cc1I. The molecule has 110 valence electrons. The summed E-state index contributed by atoms with van der Waals surface area (Å²) >= 11 is 6.80. The third-order valence-electron chi connectivity index (χ3n) is 2.74. The fraction of sp³-hybridized carbons (Fsp3) is 0.0714. The minimum Gasteiger partial charge on any atom is -0.487 e. The van der Waals surface area contributed by atoms with Gasteiger partial charge in [0.15, 0.2) is 5.84 Å². The lowest BCUT2D eigenvalue weighted by Crippen LogP contribution is -2.16. The maximum atomic E-state index is 8.84. The molecule has 0 saturated heterocycles. The molecular weight excluding hydrogens is 609 g/mol. The van der Waals surface area contributed by atoms with Crippen LogP contribution in [0.25, 0.3) is 0 Å². The molecule has 21 heavy (non-hydrogen) atoms. The number of rotatable bonds is 4. The van der Waals surface area contributed by atoms with Crippen LogP contribution in [0.4, 0.5) is 0 Å². The van der Waals surface area contributed by atoms with Crippen LogP contribution < -0.4 is 10.5 Å². The van der Waals surface area contributed by atoms with Gasteiger partial charge in [0.25, 0.3) is 0 Å². The number of benzene rings is 2. The number of ether oxygens (including phenoxy) is 1. The summed E-state index contributed by atoms with van der Waals surface area (Å²) < 4.78 is 9.23. The second-order valence-corrected chi connectivity index (χ2v) is 7.70. The van der Waals surface area contributed by atoms with Crippen LogP contribution >= 0.6 is 67.8 Å². The van der Waals surface area contributed by atoms with Crippen molar-refractivity contribution >= 4 is 73.6 Å². The molecule has 0 aliphatic carbocycles. The van der Waals surface area contributed by atoms with Crippen LogP contribution in [0, 0.1) is 10.7 Å². The zero-order valence-corrected chi connectivity index (χ0v) is 17.2. The highest BCUT2D eigenvalue weighted by Crippen LogP contribution is 2.30. The zero-order chi connectivity index (χ0) is 15.4. The van der Waals surface area contributed by atoms with Gasteiger partial charge in [-0.15, -0.1) is 0 Å². The molecule has 0 aliphatic heterocycles. The summed E-state index contributed by atoms with van der Waals surface area (Å²) in [5, 5.41) is 11.9. The van der Waals surface area contributed by atoms with Gasteiger partial charge >= 0.3 is 0 Å². The number of hydrogen-bond donors (Lipinski definition) is 2. The highest BCUT2D eigenvalue weighted by Gasteiger charge is 2.11. The molecule has 0 unspecified atom stereocenters. The van der Waals surface area contributed by atoms with Gasteiger partial charge in [-0.25, -0.2) is 0 Å². The van der Waals surface area contributed by atoms with E-state index < -0.39 is 0 Å². The summed E-state index contributed by atoms with van der Waals surface area (Å²) in [6.07, 6.45) is 0. The summed E-state index contributed by atoms with van der Waals surface area (Å²) in [4.78, 5) is 0. The van der Waals surface area contributed by atoms with Crippen molar-refractivity contribution in [1.29, 1.82) is 0 Å². The van der Waals surface area contributed by atoms with E-state index in [1.807, 2.05) is 18.2 Å². The normalized spacial score (nSPS) is 11.5. The monoisotopic (exact) mass is 620 g/mol. The van der Waals surface area contributed by atoms with Crippen LogP contribution in [0.15, 0.2) is 41.6 Å². The van der Waals surface area contributed by atoms with E-state index in [2.05, 4.69) is 85.1 Å². The molecule has 0 heterocycles. The Morgan fingerprint density at radius 2 is 1.76 bits per heavy atom. The number of hydrogen-bond acceptors (Lipinski definition) is 3. The van der Waals surface area contributed by atoms with Gasteiger partial charge < -0.3 is 15.7 Å². The maximum absolute atomic E-state index is 8.84. The number of amidine groups is 1. The van der Waals surface area contributed by atoms with Gasteiger partial charge in [-0.1, -0.05) is 29.4 Å². The van der Waals surface area contributed by atoms with Crippen molar-refractivity contribution in [3.05, 3.63) is 58.2 Å². The minimum atomic E-state index is 0.0844. The lowest BCUT2D eigenvalue weighted by Gasteiger charge is -2.13. The molecule has 0 aromatic heterocycles. The number of nitrogens with zero attached hydrogens (tertiary/aromatic N) is 1. The Morgan fingerprint density at radius 1 is 1.14 bits per heavy atom. The first kappa shape index (κ1) is 17.1. The van der Waals surface area contributed by atoms with E-state index in [0.717, 1.165) is 18.5 Å². The highest BCUT2D eigenvalue weighted by molar-refractivity contribution is 14.1. The van der Waals surface area contributed by atoms with E-state index in [1.165, 1.54) is 3.57 Å². The Bertz CT molecular complexity index is 667. The van der Waals surface area contributed by atoms with Crippen LogP contribution in [0.5, 0.6) is 5.75 Å². The van der Waals surface area contributed by atoms with E-state index in [0.29, 0.717) is 12.2 Å². The molecule has 0 fully saturated rings. The van der Waals surface area contributed by atoms with Gasteiger partial charge in [-0.05, 0) is 79.9 Å². The molecular formula is C14H11I3N2O2. The molecule has 0 amide bonds. The third kappa shape index (κ3) is 4.34. The molecule has 4 nitrogen and oxygen atoms in total. The molecule has 7 heteroatoms. The quantitative estimate of drug-likeness (QED) is 0.178. The maximum Gasteiger partial charge on any atom is 0.170 e. The Hall–Kier alpha value is -0.300. The first-order valence-corrected chi connectivity index (χ1v) is 9.09. The molecule has 3 N–H and O–H groups in total. The standard InChI is InChI=1S/C14H11I3N2O2/c15-9-5-11(16)13(12(17)6-9)21-7-8-3-1-2-4-10(8)14(18)19-20/h1-6,20H,7H2,(H2,18,19).